The van der Waals surface area contributed by atoms with E-state index >= 15 is 0 Å². The molecule has 2 atom stereocenters. The fourth-order valence-electron chi connectivity index (χ4n) is 3.24. The number of aliphatic hydroxyl groups is 1. The van der Waals surface area contributed by atoms with Gasteiger partial charge in [0.2, 0.25) is 0 Å². The summed E-state index contributed by atoms with van der Waals surface area (Å²) in [4.78, 5) is 0. The average Bonchev–Trinajstić information content (AvgIpc) is 2.74. The van der Waals surface area contributed by atoms with Crippen LogP contribution in [0.3, 0.4) is 0 Å². The molecule has 1 aliphatic carbocycles. The van der Waals surface area contributed by atoms with E-state index in [1.807, 2.05) is 0 Å². The summed E-state index contributed by atoms with van der Waals surface area (Å²) in [6.07, 6.45) is 7.59. The van der Waals surface area contributed by atoms with Crippen molar-refractivity contribution >= 4 is 0 Å². The van der Waals surface area contributed by atoms with Crippen molar-refractivity contribution < 1.29 is 14.6 Å². The normalized spacial score (nSPS) is 30.8. The third-order valence-corrected chi connectivity index (χ3v) is 4.21. The maximum atomic E-state index is 10.1. The number of hydrogen-bond donors (Lipinski definition) is 1. The molecule has 94 valence electrons. The Morgan fingerprint density at radius 1 is 1.44 bits per heavy atom. The van der Waals surface area contributed by atoms with Crippen molar-refractivity contribution in [3.8, 4) is 0 Å². The summed E-state index contributed by atoms with van der Waals surface area (Å²) in [5.74, 6) is 0.419. The van der Waals surface area contributed by atoms with E-state index in [-0.39, 0.29) is 11.7 Å². The second kappa shape index (κ2) is 5.48. The molecule has 1 N–H and O–H groups in total. The Morgan fingerprint density at radius 3 is 2.88 bits per heavy atom. The Bertz CT molecular complexity index is 211. The molecule has 0 bridgehead atoms. The van der Waals surface area contributed by atoms with Crippen LogP contribution in [0.1, 0.15) is 44.9 Å². The van der Waals surface area contributed by atoms with Crippen molar-refractivity contribution in [2.75, 3.05) is 20.3 Å². The van der Waals surface area contributed by atoms with Crippen LogP contribution in [-0.2, 0) is 9.47 Å². The third kappa shape index (κ3) is 2.76. The van der Waals surface area contributed by atoms with E-state index in [9.17, 15) is 5.11 Å². The lowest BCUT2D eigenvalue weighted by Crippen LogP contribution is -2.41. The number of rotatable bonds is 4. The minimum Gasteiger partial charge on any atom is -0.393 e. The van der Waals surface area contributed by atoms with E-state index in [1.165, 1.54) is 25.7 Å². The Balaban J connectivity index is 1.85. The monoisotopic (exact) mass is 228 g/mol. The molecular weight excluding hydrogens is 204 g/mol. The molecule has 0 aromatic heterocycles. The van der Waals surface area contributed by atoms with E-state index in [0.29, 0.717) is 12.5 Å². The molecule has 1 spiro atoms. The number of ether oxygens (including phenoxy) is 2. The molecule has 2 unspecified atom stereocenters. The smallest absolute Gasteiger partial charge is 0.0686 e. The van der Waals surface area contributed by atoms with E-state index < -0.39 is 0 Å². The van der Waals surface area contributed by atoms with Gasteiger partial charge in [-0.15, -0.1) is 0 Å². The third-order valence-electron chi connectivity index (χ3n) is 4.21. The van der Waals surface area contributed by atoms with Crippen molar-refractivity contribution in [3.05, 3.63) is 0 Å². The van der Waals surface area contributed by atoms with Gasteiger partial charge in [0.25, 0.3) is 0 Å². The highest BCUT2D eigenvalue weighted by atomic mass is 16.5. The average molecular weight is 228 g/mol. The minimum atomic E-state index is -0.207. The Labute approximate surface area is 98.1 Å². The Hall–Kier alpha value is -0.120. The predicted molar refractivity (Wildman–Crippen MR) is 62.4 cm³/mol. The van der Waals surface area contributed by atoms with E-state index in [0.717, 1.165) is 25.9 Å². The van der Waals surface area contributed by atoms with Crippen LogP contribution in [-0.4, -0.2) is 37.1 Å². The van der Waals surface area contributed by atoms with E-state index in [1.54, 1.807) is 7.11 Å². The molecule has 0 aromatic rings. The van der Waals surface area contributed by atoms with Gasteiger partial charge in [-0.05, 0) is 38.0 Å². The van der Waals surface area contributed by atoms with Crippen LogP contribution < -0.4 is 0 Å². The lowest BCUT2D eigenvalue weighted by atomic mass is 9.81. The van der Waals surface area contributed by atoms with Gasteiger partial charge in [0, 0.05) is 20.3 Å². The zero-order valence-electron chi connectivity index (χ0n) is 10.3. The Morgan fingerprint density at radius 2 is 2.19 bits per heavy atom. The molecule has 3 nitrogen and oxygen atoms in total. The topological polar surface area (TPSA) is 38.7 Å². The fraction of sp³-hybridized carbons (Fsp3) is 1.00. The molecule has 2 fully saturated rings. The van der Waals surface area contributed by atoms with Crippen LogP contribution in [0.5, 0.6) is 0 Å². The molecule has 2 aliphatic rings. The van der Waals surface area contributed by atoms with Crippen molar-refractivity contribution in [3.63, 3.8) is 0 Å². The van der Waals surface area contributed by atoms with Crippen LogP contribution in [0.25, 0.3) is 0 Å². The number of aliphatic hydroxyl groups excluding tert-OH is 1. The van der Waals surface area contributed by atoms with Crippen LogP contribution in [0, 0.1) is 5.92 Å². The summed E-state index contributed by atoms with van der Waals surface area (Å²) < 4.78 is 11.0. The SMILES string of the molecule is COCCC(O)C1CCOC2(CCCC2)C1. The summed E-state index contributed by atoms with van der Waals surface area (Å²) in [5.41, 5.74) is 0.122. The predicted octanol–water partition coefficient (Wildman–Crippen LogP) is 2.12. The first-order valence-electron chi connectivity index (χ1n) is 6.57. The molecule has 3 heteroatoms. The number of methoxy groups -OCH3 is 1. The first kappa shape index (κ1) is 12.3. The van der Waals surface area contributed by atoms with Crippen molar-refractivity contribution in [2.45, 2.75) is 56.7 Å². The second-order valence-electron chi connectivity index (χ2n) is 5.34. The summed E-state index contributed by atoms with van der Waals surface area (Å²) in [6.45, 7) is 1.49. The molecule has 1 heterocycles. The zero-order chi connectivity index (χ0) is 11.4. The highest BCUT2D eigenvalue weighted by Gasteiger charge is 2.41. The lowest BCUT2D eigenvalue weighted by Gasteiger charge is -2.40. The standard InChI is InChI=1S/C13H24O3/c1-15-8-5-12(14)11-4-9-16-13(10-11)6-2-3-7-13/h11-12,14H,2-10H2,1H3. The first-order chi connectivity index (χ1) is 7.76. The van der Waals surface area contributed by atoms with Gasteiger partial charge >= 0.3 is 0 Å². The maximum absolute atomic E-state index is 10.1. The van der Waals surface area contributed by atoms with Gasteiger partial charge in [0.05, 0.1) is 11.7 Å². The molecule has 2 rings (SSSR count). The zero-order valence-corrected chi connectivity index (χ0v) is 10.3. The van der Waals surface area contributed by atoms with Gasteiger partial charge in [-0.25, -0.2) is 0 Å². The molecule has 0 aromatic carbocycles. The molecule has 1 saturated carbocycles. The quantitative estimate of drug-likeness (QED) is 0.801. The Kier molecular flexibility index (Phi) is 4.22. The fourth-order valence-corrected chi connectivity index (χ4v) is 3.24. The molecule has 1 aliphatic heterocycles. The van der Waals surface area contributed by atoms with E-state index in [4.69, 9.17) is 9.47 Å². The van der Waals surface area contributed by atoms with Crippen molar-refractivity contribution in [2.24, 2.45) is 5.92 Å². The molecular formula is C13H24O3. The van der Waals surface area contributed by atoms with Crippen LogP contribution in [0.2, 0.25) is 0 Å². The lowest BCUT2D eigenvalue weighted by molar-refractivity contribution is -0.114. The summed E-state index contributed by atoms with van der Waals surface area (Å²) in [7, 11) is 1.69. The molecule has 0 radical (unpaired) electrons. The molecule has 16 heavy (non-hydrogen) atoms. The van der Waals surface area contributed by atoms with Crippen LogP contribution in [0.15, 0.2) is 0 Å². The van der Waals surface area contributed by atoms with Gasteiger partial charge in [0.1, 0.15) is 0 Å². The summed E-state index contributed by atoms with van der Waals surface area (Å²) in [6, 6.07) is 0. The van der Waals surface area contributed by atoms with E-state index in [2.05, 4.69) is 0 Å². The largest absolute Gasteiger partial charge is 0.393 e. The molecule has 1 saturated heterocycles. The van der Waals surface area contributed by atoms with Gasteiger partial charge in [-0.3, -0.25) is 0 Å². The highest BCUT2D eigenvalue weighted by molar-refractivity contribution is 4.92. The van der Waals surface area contributed by atoms with Crippen LogP contribution >= 0.6 is 0 Å². The first-order valence-corrected chi connectivity index (χ1v) is 6.57. The highest BCUT2D eigenvalue weighted by Crippen LogP contribution is 2.43. The maximum Gasteiger partial charge on any atom is 0.0686 e. The van der Waals surface area contributed by atoms with Gasteiger partial charge in [-0.1, -0.05) is 12.8 Å². The summed E-state index contributed by atoms with van der Waals surface area (Å²) in [5, 5.41) is 10.1. The van der Waals surface area contributed by atoms with Gasteiger partial charge < -0.3 is 14.6 Å². The van der Waals surface area contributed by atoms with Crippen LogP contribution in [0.4, 0.5) is 0 Å². The summed E-state index contributed by atoms with van der Waals surface area (Å²) >= 11 is 0. The van der Waals surface area contributed by atoms with Crippen molar-refractivity contribution in [1.82, 2.24) is 0 Å². The molecule has 0 amide bonds. The minimum absolute atomic E-state index is 0.122. The second-order valence-corrected chi connectivity index (χ2v) is 5.34. The van der Waals surface area contributed by atoms with Gasteiger partial charge in [0.15, 0.2) is 0 Å². The number of hydrogen-bond acceptors (Lipinski definition) is 3. The van der Waals surface area contributed by atoms with Crippen molar-refractivity contribution in [1.29, 1.82) is 0 Å². The van der Waals surface area contributed by atoms with Gasteiger partial charge in [-0.2, -0.15) is 0 Å².